The third-order valence-corrected chi connectivity index (χ3v) is 3.15. The summed E-state index contributed by atoms with van der Waals surface area (Å²) < 4.78 is 5.27. The van der Waals surface area contributed by atoms with Crippen LogP contribution in [0.15, 0.2) is 12.1 Å². The fourth-order valence-electron chi connectivity index (χ4n) is 2.24. The molecular weight excluding hydrogens is 216 g/mol. The fraction of sp³-hybridized carbons (Fsp3) is 0.462. The van der Waals surface area contributed by atoms with Gasteiger partial charge in [0, 0.05) is 17.7 Å². The van der Waals surface area contributed by atoms with Gasteiger partial charge in [0.2, 0.25) is 0 Å². The van der Waals surface area contributed by atoms with Crippen molar-refractivity contribution in [2.75, 3.05) is 13.7 Å². The van der Waals surface area contributed by atoms with Crippen molar-refractivity contribution >= 4 is 0 Å². The number of hydrogen-bond donors (Lipinski definition) is 2. The SMILES string of the molecule is COc1cc(O)c(C#N)cc1C1CCCCN1. The van der Waals surface area contributed by atoms with Gasteiger partial charge in [0.05, 0.1) is 12.7 Å². The second-order valence-corrected chi connectivity index (χ2v) is 4.23. The number of ether oxygens (including phenoxy) is 1. The second-order valence-electron chi connectivity index (χ2n) is 4.23. The highest BCUT2D eigenvalue weighted by Gasteiger charge is 2.20. The van der Waals surface area contributed by atoms with E-state index in [9.17, 15) is 5.11 Å². The molecule has 0 saturated carbocycles. The number of nitrogens with one attached hydrogen (secondary N) is 1. The lowest BCUT2D eigenvalue weighted by Crippen LogP contribution is -2.27. The predicted molar refractivity (Wildman–Crippen MR) is 64.0 cm³/mol. The topological polar surface area (TPSA) is 65.3 Å². The van der Waals surface area contributed by atoms with Crippen LogP contribution < -0.4 is 10.1 Å². The van der Waals surface area contributed by atoms with E-state index >= 15 is 0 Å². The van der Waals surface area contributed by atoms with Crippen molar-refractivity contribution in [2.24, 2.45) is 0 Å². The van der Waals surface area contributed by atoms with Gasteiger partial charge in [-0.3, -0.25) is 0 Å². The molecule has 0 radical (unpaired) electrons. The highest BCUT2D eigenvalue weighted by molar-refractivity contribution is 5.52. The van der Waals surface area contributed by atoms with Crippen LogP contribution in [0.25, 0.3) is 0 Å². The molecule has 4 nitrogen and oxygen atoms in total. The molecule has 1 atom stereocenters. The maximum absolute atomic E-state index is 9.62. The van der Waals surface area contributed by atoms with Crippen LogP contribution in [-0.2, 0) is 0 Å². The Bertz CT molecular complexity index is 445. The van der Waals surface area contributed by atoms with Crippen molar-refractivity contribution in [2.45, 2.75) is 25.3 Å². The third kappa shape index (κ3) is 2.34. The van der Waals surface area contributed by atoms with E-state index in [-0.39, 0.29) is 11.8 Å². The molecule has 1 aromatic carbocycles. The Morgan fingerprint density at radius 1 is 1.47 bits per heavy atom. The van der Waals surface area contributed by atoms with Gasteiger partial charge >= 0.3 is 0 Å². The molecule has 0 spiro atoms. The Hall–Kier alpha value is -1.73. The summed E-state index contributed by atoms with van der Waals surface area (Å²) in [4.78, 5) is 0. The van der Waals surface area contributed by atoms with Gasteiger partial charge in [-0.1, -0.05) is 6.42 Å². The first-order valence-corrected chi connectivity index (χ1v) is 5.80. The van der Waals surface area contributed by atoms with Crippen molar-refractivity contribution in [1.29, 1.82) is 5.26 Å². The Morgan fingerprint density at radius 2 is 2.29 bits per heavy atom. The van der Waals surface area contributed by atoms with Crippen LogP contribution in [0.4, 0.5) is 0 Å². The molecule has 0 bridgehead atoms. The quantitative estimate of drug-likeness (QED) is 0.819. The molecule has 90 valence electrons. The molecule has 1 aliphatic heterocycles. The summed E-state index contributed by atoms with van der Waals surface area (Å²) in [6.07, 6.45) is 3.39. The van der Waals surface area contributed by atoms with E-state index in [4.69, 9.17) is 10.00 Å². The molecule has 17 heavy (non-hydrogen) atoms. The number of benzene rings is 1. The molecule has 2 N–H and O–H groups in total. The predicted octanol–water partition coefficient (Wildman–Crippen LogP) is 2.09. The maximum Gasteiger partial charge on any atom is 0.137 e. The highest BCUT2D eigenvalue weighted by Crippen LogP contribution is 2.35. The van der Waals surface area contributed by atoms with E-state index in [0.717, 1.165) is 18.5 Å². The minimum atomic E-state index is -0.0242. The van der Waals surface area contributed by atoms with E-state index < -0.39 is 0 Å². The minimum absolute atomic E-state index is 0.0242. The zero-order chi connectivity index (χ0) is 12.3. The van der Waals surface area contributed by atoms with E-state index in [1.165, 1.54) is 18.9 Å². The van der Waals surface area contributed by atoms with Gasteiger partial charge in [-0.15, -0.1) is 0 Å². The number of rotatable bonds is 2. The van der Waals surface area contributed by atoms with Crippen LogP contribution in [0.3, 0.4) is 0 Å². The van der Waals surface area contributed by atoms with Crippen molar-refractivity contribution in [3.63, 3.8) is 0 Å². The molecule has 0 amide bonds. The van der Waals surface area contributed by atoms with Gasteiger partial charge in [0.25, 0.3) is 0 Å². The van der Waals surface area contributed by atoms with E-state index in [0.29, 0.717) is 11.3 Å². The summed E-state index contributed by atoms with van der Waals surface area (Å²) in [5.74, 6) is 0.616. The number of aromatic hydroxyl groups is 1. The summed E-state index contributed by atoms with van der Waals surface area (Å²) >= 11 is 0. The normalized spacial score (nSPS) is 19.6. The second kappa shape index (κ2) is 5.07. The zero-order valence-corrected chi connectivity index (χ0v) is 9.86. The first-order chi connectivity index (χ1) is 8.26. The van der Waals surface area contributed by atoms with Gasteiger partial charge in [-0.2, -0.15) is 5.26 Å². The van der Waals surface area contributed by atoms with Crippen LogP contribution in [0.1, 0.15) is 36.4 Å². The number of phenols is 1. The van der Waals surface area contributed by atoms with Crippen LogP contribution in [-0.4, -0.2) is 18.8 Å². The van der Waals surface area contributed by atoms with Gasteiger partial charge < -0.3 is 15.2 Å². The molecule has 4 heteroatoms. The number of methoxy groups -OCH3 is 1. The average Bonchev–Trinajstić information content (AvgIpc) is 2.39. The van der Waals surface area contributed by atoms with Crippen molar-refractivity contribution in [3.05, 3.63) is 23.3 Å². The average molecular weight is 232 g/mol. The Morgan fingerprint density at radius 3 is 2.88 bits per heavy atom. The first-order valence-electron chi connectivity index (χ1n) is 5.80. The molecule has 2 rings (SSSR count). The standard InChI is InChI=1S/C13H16N2O2/c1-17-13-7-12(16)9(8-14)6-10(13)11-4-2-3-5-15-11/h6-7,11,15-16H,2-5H2,1H3. The summed E-state index contributed by atoms with van der Waals surface area (Å²) in [5.41, 5.74) is 1.26. The largest absolute Gasteiger partial charge is 0.506 e. The maximum atomic E-state index is 9.62. The third-order valence-electron chi connectivity index (χ3n) is 3.15. The lowest BCUT2D eigenvalue weighted by atomic mass is 9.95. The number of nitrogens with zero attached hydrogens (tertiary/aromatic N) is 1. The van der Waals surface area contributed by atoms with Gasteiger partial charge in [-0.25, -0.2) is 0 Å². The van der Waals surface area contributed by atoms with Crippen LogP contribution in [0.5, 0.6) is 11.5 Å². The highest BCUT2D eigenvalue weighted by atomic mass is 16.5. The number of nitriles is 1. The molecule has 1 fully saturated rings. The Balaban J connectivity index is 2.40. The number of phenolic OH excluding ortho intramolecular Hbond substituents is 1. The van der Waals surface area contributed by atoms with Gasteiger partial charge in [0.1, 0.15) is 17.6 Å². The number of piperidine rings is 1. The summed E-state index contributed by atoms with van der Waals surface area (Å²) in [6.45, 7) is 0.983. The molecule has 1 aliphatic rings. The van der Waals surface area contributed by atoms with Crippen LogP contribution in [0, 0.1) is 11.3 Å². The molecule has 1 saturated heterocycles. The van der Waals surface area contributed by atoms with Crippen molar-refractivity contribution in [1.82, 2.24) is 5.32 Å². The number of hydrogen-bond acceptors (Lipinski definition) is 4. The lowest BCUT2D eigenvalue weighted by molar-refractivity contribution is 0.370. The van der Waals surface area contributed by atoms with Crippen LogP contribution >= 0.6 is 0 Å². The van der Waals surface area contributed by atoms with Crippen molar-refractivity contribution < 1.29 is 9.84 Å². The van der Waals surface area contributed by atoms with E-state index in [2.05, 4.69) is 5.32 Å². The van der Waals surface area contributed by atoms with Crippen molar-refractivity contribution in [3.8, 4) is 17.6 Å². The Kier molecular flexibility index (Phi) is 3.50. The molecule has 0 aromatic heterocycles. The first kappa shape index (κ1) is 11.7. The van der Waals surface area contributed by atoms with Gasteiger partial charge in [-0.05, 0) is 25.5 Å². The van der Waals surface area contributed by atoms with E-state index in [1.807, 2.05) is 6.07 Å². The zero-order valence-electron chi connectivity index (χ0n) is 9.86. The smallest absolute Gasteiger partial charge is 0.137 e. The fourth-order valence-corrected chi connectivity index (χ4v) is 2.24. The molecule has 1 heterocycles. The van der Waals surface area contributed by atoms with Crippen LogP contribution in [0.2, 0.25) is 0 Å². The monoisotopic (exact) mass is 232 g/mol. The summed E-state index contributed by atoms with van der Waals surface area (Å²) in [5, 5.41) is 22.0. The molecule has 1 unspecified atom stereocenters. The summed E-state index contributed by atoms with van der Waals surface area (Å²) in [7, 11) is 1.58. The minimum Gasteiger partial charge on any atom is -0.506 e. The molecular formula is C13H16N2O2. The Labute approximate surface area is 101 Å². The molecule has 1 aromatic rings. The molecule has 0 aliphatic carbocycles. The summed E-state index contributed by atoms with van der Waals surface area (Å²) in [6, 6.07) is 5.44. The van der Waals surface area contributed by atoms with E-state index in [1.54, 1.807) is 13.2 Å². The van der Waals surface area contributed by atoms with Gasteiger partial charge in [0.15, 0.2) is 0 Å². The lowest BCUT2D eigenvalue weighted by Gasteiger charge is -2.25.